The number of rotatable bonds is 5. The van der Waals surface area contributed by atoms with Gasteiger partial charge in [0.2, 0.25) is 5.91 Å². The molecule has 1 aromatic heterocycles. The van der Waals surface area contributed by atoms with Gasteiger partial charge in [-0.3, -0.25) is 9.59 Å². The van der Waals surface area contributed by atoms with Gasteiger partial charge in [-0.2, -0.15) is 0 Å². The van der Waals surface area contributed by atoms with E-state index >= 15 is 0 Å². The Kier molecular flexibility index (Phi) is 5.13. The van der Waals surface area contributed by atoms with Crippen LogP contribution in [-0.2, 0) is 9.53 Å². The highest BCUT2D eigenvalue weighted by Gasteiger charge is 2.20. The zero-order valence-corrected chi connectivity index (χ0v) is 13.5. The minimum absolute atomic E-state index is 0.343. The van der Waals surface area contributed by atoms with E-state index in [0.29, 0.717) is 16.1 Å². The highest BCUT2D eigenvalue weighted by atomic mass is 32.1. The molecule has 0 aliphatic rings. The summed E-state index contributed by atoms with van der Waals surface area (Å²) >= 11 is 1.31. The Bertz CT molecular complexity index is 737. The Morgan fingerprint density at radius 2 is 1.78 bits per heavy atom. The molecule has 1 heterocycles. The van der Waals surface area contributed by atoms with Crippen molar-refractivity contribution < 1.29 is 19.1 Å². The van der Waals surface area contributed by atoms with Crippen LogP contribution in [0.4, 0.5) is 5.69 Å². The molecule has 2 rings (SSSR count). The fourth-order valence-electron chi connectivity index (χ4n) is 1.78. The molecule has 0 aliphatic heterocycles. The fourth-order valence-corrected chi connectivity index (χ4v) is 2.53. The monoisotopic (exact) mass is 332 g/mol. The molecule has 0 saturated carbocycles. The summed E-state index contributed by atoms with van der Waals surface area (Å²) in [5.74, 6) is -1.54. The zero-order valence-electron chi connectivity index (χ0n) is 12.7. The molecular formula is C16H16N2O4S. The average Bonchev–Trinajstić information content (AvgIpc) is 2.94. The van der Waals surface area contributed by atoms with Crippen LogP contribution >= 0.6 is 11.3 Å². The number of aryl methyl sites for hydroxylation is 1. The van der Waals surface area contributed by atoms with Crippen LogP contribution in [0, 0.1) is 6.92 Å². The lowest BCUT2D eigenvalue weighted by atomic mass is 10.2. The van der Waals surface area contributed by atoms with E-state index in [1.54, 1.807) is 18.2 Å². The van der Waals surface area contributed by atoms with Crippen molar-refractivity contribution >= 4 is 34.8 Å². The number of amides is 2. The van der Waals surface area contributed by atoms with E-state index in [1.807, 2.05) is 13.0 Å². The molecular weight excluding hydrogens is 316 g/mol. The molecule has 0 bridgehead atoms. The molecule has 0 radical (unpaired) electrons. The van der Waals surface area contributed by atoms with Crippen molar-refractivity contribution in [1.29, 1.82) is 0 Å². The van der Waals surface area contributed by atoms with Crippen molar-refractivity contribution in [3.8, 4) is 0 Å². The van der Waals surface area contributed by atoms with Crippen LogP contribution in [0.2, 0.25) is 0 Å². The van der Waals surface area contributed by atoms with Gasteiger partial charge in [0, 0.05) is 16.1 Å². The number of anilines is 1. The first-order chi connectivity index (χ1) is 10.9. The van der Waals surface area contributed by atoms with Crippen LogP contribution in [0.1, 0.15) is 31.8 Å². The van der Waals surface area contributed by atoms with E-state index in [1.165, 1.54) is 30.4 Å². The summed E-state index contributed by atoms with van der Waals surface area (Å²) in [5, 5.41) is 2.60. The normalized spacial score (nSPS) is 11.6. The Hall–Kier alpha value is -2.67. The van der Waals surface area contributed by atoms with Gasteiger partial charge in [-0.05, 0) is 50.2 Å². The molecule has 0 fully saturated rings. The van der Waals surface area contributed by atoms with Crippen LogP contribution in [-0.4, -0.2) is 23.9 Å². The molecule has 1 atom stereocenters. The summed E-state index contributed by atoms with van der Waals surface area (Å²) in [6.07, 6.45) is -0.944. The smallest absolute Gasteiger partial charge is 0.349 e. The van der Waals surface area contributed by atoms with E-state index in [4.69, 9.17) is 10.5 Å². The number of carbonyl (C=O) groups is 3. The largest absolute Gasteiger partial charge is 0.448 e. The van der Waals surface area contributed by atoms with Gasteiger partial charge in [0.25, 0.3) is 5.91 Å². The van der Waals surface area contributed by atoms with Crippen molar-refractivity contribution in [2.45, 2.75) is 20.0 Å². The number of esters is 1. The standard InChI is InChI=1S/C16H16N2O4S/c1-9-3-8-13(23-9)16(21)22-10(2)15(20)18-12-6-4-11(5-7-12)14(17)19/h3-8,10H,1-2H3,(H2,17,19)(H,18,20)/t10-/m1/s1. The number of hydrogen-bond acceptors (Lipinski definition) is 5. The molecule has 7 heteroatoms. The lowest BCUT2D eigenvalue weighted by Crippen LogP contribution is -2.29. The van der Waals surface area contributed by atoms with Gasteiger partial charge in [-0.1, -0.05) is 0 Å². The number of hydrogen-bond donors (Lipinski definition) is 2. The topological polar surface area (TPSA) is 98.5 Å². The predicted molar refractivity (Wildman–Crippen MR) is 87.5 cm³/mol. The van der Waals surface area contributed by atoms with Crippen molar-refractivity contribution in [2.24, 2.45) is 5.73 Å². The molecule has 2 aromatic rings. The first kappa shape index (κ1) is 16.7. The van der Waals surface area contributed by atoms with Crippen molar-refractivity contribution in [3.05, 3.63) is 51.7 Å². The van der Waals surface area contributed by atoms with Crippen LogP contribution < -0.4 is 11.1 Å². The number of primary amides is 1. The second-order valence-electron chi connectivity index (χ2n) is 4.89. The average molecular weight is 332 g/mol. The zero-order chi connectivity index (χ0) is 17.0. The predicted octanol–water partition coefficient (Wildman–Crippen LogP) is 2.34. The molecule has 0 saturated heterocycles. The van der Waals surface area contributed by atoms with Crippen LogP contribution in [0.25, 0.3) is 0 Å². The molecule has 2 amide bonds. The van der Waals surface area contributed by atoms with Gasteiger partial charge < -0.3 is 15.8 Å². The number of thiophene rings is 1. The molecule has 1 aromatic carbocycles. The number of ether oxygens (including phenoxy) is 1. The van der Waals surface area contributed by atoms with Crippen molar-refractivity contribution in [2.75, 3.05) is 5.32 Å². The Balaban J connectivity index is 1.94. The second-order valence-corrected chi connectivity index (χ2v) is 6.18. The third kappa shape index (κ3) is 4.40. The summed E-state index contributed by atoms with van der Waals surface area (Å²) in [6, 6.07) is 9.58. The summed E-state index contributed by atoms with van der Waals surface area (Å²) in [4.78, 5) is 36.3. The van der Waals surface area contributed by atoms with Gasteiger partial charge in [0.15, 0.2) is 6.10 Å². The van der Waals surface area contributed by atoms with Crippen molar-refractivity contribution in [3.63, 3.8) is 0 Å². The molecule has 0 aliphatic carbocycles. The lowest BCUT2D eigenvalue weighted by Gasteiger charge is -2.13. The summed E-state index contributed by atoms with van der Waals surface area (Å²) in [7, 11) is 0. The van der Waals surface area contributed by atoms with Crippen molar-refractivity contribution in [1.82, 2.24) is 0 Å². The maximum Gasteiger partial charge on any atom is 0.349 e. The maximum absolute atomic E-state index is 12.0. The lowest BCUT2D eigenvalue weighted by molar-refractivity contribution is -0.123. The minimum Gasteiger partial charge on any atom is -0.448 e. The molecule has 6 nitrogen and oxygen atoms in total. The molecule has 0 unspecified atom stereocenters. The number of nitrogens with two attached hydrogens (primary N) is 1. The Morgan fingerprint density at radius 1 is 1.13 bits per heavy atom. The molecule has 120 valence electrons. The first-order valence-corrected chi connectivity index (χ1v) is 7.66. The summed E-state index contributed by atoms with van der Waals surface area (Å²) < 4.78 is 5.13. The van der Waals surface area contributed by atoms with Gasteiger partial charge in [-0.25, -0.2) is 4.79 Å². The second kappa shape index (κ2) is 7.06. The van der Waals surface area contributed by atoms with Gasteiger partial charge >= 0.3 is 5.97 Å². The molecule has 0 spiro atoms. The van der Waals surface area contributed by atoms with Crippen LogP contribution in [0.3, 0.4) is 0 Å². The minimum atomic E-state index is -0.944. The molecule has 23 heavy (non-hydrogen) atoms. The van der Waals surface area contributed by atoms with E-state index in [2.05, 4.69) is 5.32 Å². The number of nitrogens with one attached hydrogen (secondary N) is 1. The van der Waals surface area contributed by atoms with Crippen LogP contribution in [0.15, 0.2) is 36.4 Å². The maximum atomic E-state index is 12.0. The quantitative estimate of drug-likeness (QED) is 0.821. The van der Waals surface area contributed by atoms with E-state index in [-0.39, 0.29) is 0 Å². The third-order valence-corrected chi connectivity index (χ3v) is 4.01. The van der Waals surface area contributed by atoms with Gasteiger partial charge in [0.05, 0.1) is 0 Å². The Morgan fingerprint density at radius 3 is 2.30 bits per heavy atom. The van der Waals surface area contributed by atoms with E-state index in [9.17, 15) is 14.4 Å². The first-order valence-electron chi connectivity index (χ1n) is 6.85. The number of benzene rings is 1. The van der Waals surface area contributed by atoms with E-state index in [0.717, 1.165) is 4.88 Å². The summed E-state index contributed by atoms with van der Waals surface area (Å²) in [5.41, 5.74) is 5.97. The molecule has 3 N–H and O–H groups in total. The third-order valence-electron chi connectivity index (χ3n) is 3.03. The van der Waals surface area contributed by atoms with Gasteiger partial charge in [-0.15, -0.1) is 11.3 Å². The summed E-state index contributed by atoms with van der Waals surface area (Å²) in [6.45, 7) is 3.37. The van der Waals surface area contributed by atoms with Crippen LogP contribution in [0.5, 0.6) is 0 Å². The highest BCUT2D eigenvalue weighted by Crippen LogP contribution is 2.17. The highest BCUT2D eigenvalue weighted by molar-refractivity contribution is 7.13. The van der Waals surface area contributed by atoms with Gasteiger partial charge in [0.1, 0.15) is 4.88 Å². The number of carbonyl (C=O) groups excluding carboxylic acids is 3. The van der Waals surface area contributed by atoms with E-state index < -0.39 is 23.9 Å². The Labute approximate surface area is 137 Å². The SMILES string of the molecule is Cc1ccc(C(=O)O[C@H](C)C(=O)Nc2ccc(C(N)=O)cc2)s1. The fraction of sp³-hybridized carbons (Fsp3) is 0.188.